The zero-order chi connectivity index (χ0) is 22.4. The van der Waals surface area contributed by atoms with Gasteiger partial charge in [0, 0.05) is 18.5 Å². The van der Waals surface area contributed by atoms with Gasteiger partial charge in [0.1, 0.15) is 12.4 Å². The Labute approximate surface area is 189 Å². The zero-order valence-corrected chi connectivity index (χ0v) is 18.2. The molecule has 3 aromatic rings. The molecule has 0 radical (unpaired) electrons. The molecule has 0 heterocycles. The van der Waals surface area contributed by atoms with Gasteiger partial charge in [-0.05, 0) is 54.7 Å². The fourth-order valence-electron chi connectivity index (χ4n) is 3.17. The fourth-order valence-corrected chi connectivity index (χ4v) is 3.17. The van der Waals surface area contributed by atoms with Crippen molar-refractivity contribution in [1.82, 2.24) is 0 Å². The van der Waals surface area contributed by atoms with Crippen molar-refractivity contribution in [2.45, 2.75) is 38.7 Å². The molecule has 0 unspecified atom stereocenters. The van der Waals surface area contributed by atoms with E-state index in [9.17, 15) is 9.59 Å². The highest BCUT2D eigenvalue weighted by Crippen LogP contribution is 2.17. The molecular formula is C27H29NO4. The summed E-state index contributed by atoms with van der Waals surface area (Å²) in [5, 5.41) is 2.84. The number of anilines is 1. The summed E-state index contributed by atoms with van der Waals surface area (Å²) in [7, 11) is 0. The van der Waals surface area contributed by atoms with Crippen LogP contribution in [0.15, 0.2) is 84.9 Å². The lowest BCUT2D eigenvalue weighted by Crippen LogP contribution is -2.13. The topological polar surface area (TPSA) is 64.6 Å². The molecular weight excluding hydrogens is 402 g/mol. The van der Waals surface area contributed by atoms with Gasteiger partial charge >= 0.3 is 5.97 Å². The van der Waals surface area contributed by atoms with Gasteiger partial charge in [0.25, 0.3) is 0 Å². The van der Waals surface area contributed by atoms with Crippen LogP contribution in [0.4, 0.5) is 5.69 Å². The highest BCUT2D eigenvalue weighted by molar-refractivity contribution is 5.90. The number of carbonyl (C=O) groups is 2. The molecule has 1 amide bonds. The van der Waals surface area contributed by atoms with Crippen LogP contribution in [-0.4, -0.2) is 18.5 Å². The maximum absolute atomic E-state index is 12.1. The Hall–Kier alpha value is -3.60. The number of carbonyl (C=O) groups excluding carboxylic acids is 2. The van der Waals surface area contributed by atoms with Crippen LogP contribution in [-0.2, 0) is 27.4 Å². The van der Waals surface area contributed by atoms with Gasteiger partial charge in [0.05, 0.1) is 6.61 Å². The average molecular weight is 432 g/mol. The highest BCUT2D eigenvalue weighted by atomic mass is 16.5. The number of hydrogen-bond acceptors (Lipinski definition) is 4. The van der Waals surface area contributed by atoms with Crippen molar-refractivity contribution in [3.05, 3.63) is 96.1 Å². The molecule has 0 aliphatic carbocycles. The molecule has 5 nitrogen and oxygen atoms in total. The Kier molecular flexibility index (Phi) is 9.34. The van der Waals surface area contributed by atoms with Crippen molar-refractivity contribution in [3.63, 3.8) is 0 Å². The Morgan fingerprint density at radius 1 is 0.719 bits per heavy atom. The lowest BCUT2D eigenvalue weighted by molar-refractivity contribution is -0.143. The number of hydrogen-bond donors (Lipinski definition) is 1. The van der Waals surface area contributed by atoms with Crippen LogP contribution in [0.5, 0.6) is 5.75 Å². The largest absolute Gasteiger partial charge is 0.489 e. The molecule has 0 aliphatic rings. The van der Waals surface area contributed by atoms with E-state index in [0.717, 1.165) is 24.2 Å². The Morgan fingerprint density at radius 3 is 2.06 bits per heavy atom. The summed E-state index contributed by atoms with van der Waals surface area (Å²) < 4.78 is 11.0. The van der Waals surface area contributed by atoms with Crippen LogP contribution in [0.1, 0.15) is 36.8 Å². The molecule has 5 heteroatoms. The molecule has 0 saturated carbocycles. The molecule has 32 heavy (non-hydrogen) atoms. The van der Waals surface area contributed by atoms with Crippen molar-refractivity contribution in [3.8, 4) is 5.75 Å². The number of esters is 1. The van der Waals surface area contributed by atoms with Gasteiger partial charge in [0.2, 0.25) is 5.91 Å². The molecule has 0 aromatic heterocycles. The molecule has 0 atom stereocenters. The van der Waals surface area contributed by atoms with Crippen LogP contribution >= 0.6 is 0 Å². The van der Waals surface area contributed by atoms with E-state index in [4.69, 9.17) is 9.47 Å². The van der Waals surface area contributed by atoms with Crippen LogP contribution < -0.4 is 10.1 Å². The summed E-state index contributed by atoms with van der Waals surface area (Å²) in [6.45, 7) is 0.896. The first kappa shape index (κ1) is 23.1. The fraction of sp³-hybridized carbons (Fsp3) is 0.259. The number of rotatable bonds is 12. The van der Waals surface area contributed by atoms with Gasteiger partial charge < -0.3 is 14.8 Å². The Morgan fingerprint density at radius 2 is 1.38 bits per heavy atom. The van der Waals surface area contributed by atoms with Crippen molar-refractivity contribution < 1.29 is 19.1 Å². The van der Waals surface area contributed by atoms with Crippen molar-refractivity contribution in [2.75, 3.05) is 11.9 Å². The molecule has 0 bridgehead atoms. The normalized spacial score (nSPS) is 10.4. The summed E-state index contributed by atoms with van der Waals surface area (Å²) in [5.41, 5.74) is 3.03. The van der Waals surface area contributed by atoms with Crippen molar-refractivity contribution >= 4 is 17.6 Å². The van der Waals surface area contributed by atoms with E-state index < -0.39 is 0 Å². The molecule has 166 valence electrons. The minimum absolute atomic E-state index is 0.125. The van der Waals surface area contributed by atoms with Crippen molar-refractivity contribution in [1.29, 1.82) is 0 Å². The first-order valence-corrected chi connectivity index (χ1v) is 11.0. The minimum Gasteiger partial charge on any atom is -0.489 e. The van der Waals surface area contributed by atoms with Gasteiger partial charge in [-0.1, -0.05) is 60.7 Å². The smallest absolute Gasteiger partial charge is 0.305 e. The van der Waals surface area contributed by atoms with Gasteiger partial charge in [-0.25, -0.2) is 0 Å². The molecule has 3 rings (SSSR count). The van der Waals surface area contributed by atoms with E-state index in [0.29, 0.717) is 25.3 Å². The number of benzene rings is 3. The molecule has 0 spiro atoms. The number of ether oxygens (including phenoxy) is 2. The number of aryl methyl sites for hydroxylation is 1. The van der Waals surface area contributed by atoms with Crippen LogP contribution in [0.25, 0.3) is 0 Å². The van der Waals surface area contributed by atoms with Gasteiger partial charge in [0.15, 0.2) is 0 Å². The van der Waals surface area contributed by atoms with E-state index >= 15 is 0 Å². The molecule has 0 aliphatic heterocycles. The lowest BCUT2D eigenvalue weighted by atomic mass is 10.1. The third kappa shape index (κ3) is 8.64. The molecule has 3 aromatic carbocycles. The van der Waals surface area contributed by atoms with E-state index in [1.807, 2.05) is 60.7 Å². The maximum atomic E-state index is 12.1. The second kappa shape index (κ2) is 13.0. The lowest BCUT2D eigenvalue weighted by Gasteiger charge is -2.09. The summed E-state index contributed by atoms with van der Waals surface area (Å²) in [4.78, 5) is 23.9. The third-order valence-corrected chi connectivity index (χ3v) is 4.89. The standard InChI is InChI=1S/C27H29NO4/c29-26(14-7-15-27(30)31-20-8-13-22-9-3-1-4-10-22)28-24-16-18-25(19-17-24)32-21-23-11-5-2-6-12-23/h1-6,9-12,16-19H,7-8,13-15,20-21H2,(H,28,29). The molecule has 0 fully saturated rings. The van der Waals surface area contributed by atoms with Gasteiger partial charge in [-0.2, -0.15) is 0 Å². The number of amides is 1. The monoisotopic (exact) mass is 431 g/mol. The summed E-state index contributed by atoms with van der Waals surface area (Å²) in [6.07, 6.45) is 2.64. The second-order valence-electron chi connectivity index (χ2n) is 7.51. The van der Waals surface area contributed by atoms with Gasteiger partial charge in [-0.3, -0.25) is 9.59 Å². The Bertz CT molecular complexity index is 956. The maximum Gasteiger partial charge on any atom is 0.305 e. The van der Waals surface area contributed by atoms with Gasteiger partial charge in [-0.15, -0.1) is 0 Å². The first-order chi connectivity index (χ1) is 15.7. The first-order valence-electron chi connectivity index (χ1n) is 11.0. The summed E-state index contributed by atoms with van der Waals surface area (Å²) in [6, 6.07) is 27.3. The van der Waals surface area contributed by atoms with Crippen LogP contribution in [0.3, 0.4) is 0 Å². The van der Waals surface area contributed by atoms with Crippen LogP contribution in [0, 0.1) is 0 Å². The molecule has 1 N–H and O–H groups in total. The van der Waals surface area contributed by atoms with Crippen molar-refractivity contribution in [2.24, 2.45) is 0 Å². The van der Waals surface area contributed by atoms with E-state index in [1.165, 1.54) is 5.56 Å². The second-order valence-corrected chi connectivity index (χ2v) is 7.51. The quantitative estimate of drug-likeness (QED) is 0.302. The van der Waals surface area contributed by atoms with E-state index in [1.54, 1.807) is 12.1 Å². The third-order valence-electron chi connectivity index (χ3n) is 4.89. The highest BCUT2D eigenvalue weighted by Gasteiger charge is 2.07. The van der Waals surface area contributed by atoms with Crippen LogP contribution in [0.2, 0.25) is 0 Å². The zero-order valence-electron chi connectivity index (χ0n) is 18.2. The summed E-state index contributed by atoms with van der Waals surface area (Å²) >= 11 is 0. The average Bonchev–Trinajstić information content (AvgIpc) is 2.83. The summed E-state index contributed by atoms with van der Waals surface area (Å²) in [5.74, 6) is 0.354. The minimum atomic E-state index is -0.259. The molecule has 0 saturated heterocycles. The predicted octanol–water partition coefficient (Wildman–Crippen LogP) is 5.55. The Balaban J connectivity index is 1.27. The predicted molar refractivity (Wildman–Crippen MR) is 125 cm³/mol. The number of nitrogens with one attached hydrogen (secondary N) is 1. The van der Waals surface area contributed by atoms with E-state index in [2.05, 4.69) is 17.4 Å². The van der Waals surface area contributed by atoms with E-state index in [-0.39, 0.29) is 24.7 Å². The SMILES string of the molecule is O=C(CCCC(=O)OCCCc1ccccc1)Nc1ccc(OCc2ccccc2)cc1.